The van der Waals surface area contributed by atoms with Crippen molar-refractivity contribution in [1.82, 2.24) is 0 Å². The van der Waals surface area contributed by atoms with Gasteiger partial charge in [-0.15, -0.1) is 0 Å². The summed E-state index contributed by atoms with van der Waals surface area (Å²) in [6.07, 6.45) is 1.58. The maximum Gasteiger partial charge on any atom is 0.261 e. The molecule has 0 bridgehead atoms. The van der Waals surface area contributed by atoms with Crippen LogP contribution in [0.1, 0.15) is 35.3 Å². The molecule has 0 aliphatic rings. The Morgan fingerprint density at radius 2 is 1.53 bits per heavy atom. The molecule has 30 heavy (non-hydrogen) atoms. The Hall–Kier alpha value is -2.83. The van der Waals surface area contributed by atoms with E-state index in [9.17, 15) is 13.2 Å². The third-order valence-corrected chi connectivity index (χ3v) is 6.47. The maximum atomic E-state index is 12.9. The molecule has 7 heteroatoms. The minimum absolute atomic E-state index is 0.145. The molecule has 1 amide bonds. The van der Waals surface area contributed by atoms with Crippen molar-refractivity contribution in [1.29, 1.82) is 0 Å². The third-order valence-electron chi connectivity index (χ3n) is 4.76. The molecule has 0 aliphatic heterocycles. The minimum Gasteiger partial charge on any atom is -0.321 e. The van der Waals surface area contributed by atoms with Crippen molar-refractivity contribution in [3.63, 3.8) is 0 Å². The van der Waals surface area contributed by atoms with Gasteiger partial charge in [0.25, 0.3) is 15.9 Å². The number of hydrogen-bond acceptors (Lipinski definition) is 3. The molecule has 156 valence electrons. The first-order valence-electron chi connectivity index (χ1n) is 9.65. The number of anilines is 2. The van der Waals surface area contributed by atoms with Crippen LogP contribution in [-0.2, 0) is 22.9 Å². The smallest absolute Gasteiger partial charge is 0.261 e. The summed E-state index contributed by atoms with van der Waals surface area (Å²) in [5.41, 5.74) is 3.45. The molecular weight excluding hydrogens is 420 g/mol. The Labute approximate surface area is 182 Å². The van der Waals surface area contributed by atoms with Crippen LogP contribution in [0.3, 0.4) is 0 Å². The summed E-state index contributed by atoms with van der Waals surface area (Å²) in [5.74, 6) is -0.340. The molecule has 0 fully saturated rings. The van der Waals surface area contributed by atoms with E-state index in [0.29, 0.717) is 0 Å². The number of amides is 1. The first-order chi connectivity index (χ1) is 14.4. The number of carbonyl (C=O) groups excluding carboxylic acids is 1. The summed E-state index contributed by atoms with van der Waals surface area (Å²) in [6.45, 7) is 4.07. The van der Waals surface area contributed by atoms with Crippen molar-refractivity contribution in [3.05, 3.63) is 88.4 Å². The first kappa shape index (κ1) is 21.9. The van der Waals surface area contributed by atoms with E-state index in [1.807, 2.05) is 32.0 Å². The Balaban J connectivity index is 1.83. The molecule has 0 heterocycles. The molecule has 2 N–H and O–H groups in total. The number of aryl methyl sites for hydroxylation is 2. The van der Waals surface area contributed by atoms with Gasteiger partial charge in [0.2, 0.25) is 0 Å². The van der Waals surface area contributed by atoms with Crippen molar-refractivity contribution in [2.75, 3.05) is 10.0 Å². The number of benzene rings is 3. The van der Waals surface area contributed by atoms with Gasteiger partial charge in [0.15, 0.2) is 0 Å². The van der Waals surface area contributed by atoms with E-state index in [2.05, 4.69) is 10.0 Å². The lowest BCUT2D eigenvalue weighted by Gasteiger charge is -2.15. The zero-order valence-corrected chi connectivity index (χ0v) is 18.3. The number of sulfonamides is 1. The molecule has 0 aromatic heterocycles. The lowest BCUT2D eigenvalue weighted by atomic mass is 10.0. The fraction of sp³-hybridized carbons (Fsp3) is 0.174. The number of nitrogens with one attached hydrogen (secondary N) is 2. The van der Waals surface area contributed by atoms with Crippen LogP contribution in [0, 0.1) is 0 Å². The van der Waals surface area contributed by atoms with Crippen LogP contribution in [-0.4, -0.2) is 14.3 Å². The molecule has 0 spiro atoms. The van der Waals surface area contributed by atoms with Crippen molar-refractivity contribution in [2.24, 2.45) is 0 Å². The highest BCUT2D eigenvalue weighted by molar-refractivity contribution is 7.92. The Kier molecular flexibility index (Phi) is 6.80. The van der Waals surface area contributed by atoms with Crippen LogP contribution in [0.2, 0.25) is 5.02 Å². The van der Waals surface area contributed by atoms with Crippen molar-refractivity contribution in [2.45, 2.75) is 31.6 Å². The Morgan fingerprint density at radius 3 is 2.10 bits per heavy atom. The molecule has 0 saturated heterocycles. The van der Waals surface area contributed by atoms with Gasteiger partial charge in [0.05, 0.1) is 21.2 Å². The van der Waals surface area contributed by atoms with Gasteiger partial charge in [-0.3, -0.25) is 9.52 Å². The quantitative estimate of drug-likeness (QED) is 0.506. The van der Waals surface area contributed by atoms with Crippen molar-refractivity contribution >= 4 is 38.9 Å². The summed E-state index contributed by atoms with van der Waals surface area (Å²) in [6, 6.07) is 18.5. The second kappa shape index (κ2) is 9.32. The van der Waals surface area contributed by atoms with Crippen LogP contribution in [0.25, 0.3) is 0 Å². The molecule has 0 unspecified atom stereocenters. The topological polar surface area (TPSA) is 75.3 Å². The summed E-state index contributed by atoms with van der Waals surface area (Å²) < 4.78 is 27.4. The number of halogens is 1. The summed E-state index contributed by atoms with van der Waals surface area (Å²) in [4.78, 5) is 13.0. The van der Waals surface area contributed by atoms with Crippen molar-refractivity contribution in [3.8, 4) is 0 Å². The normalized spacial score (nSPS) is 11.2. The van der Waals surface area contributed by atoms with E-state index in [1.165, 1.54) is 30.3 Å². The zero-order valence-electron chi connectivity index (χ0n) is 16.8. The lowest BCUT2D eigenvalue weighted by molar-refractivity contribution is 0.102. The van der Waals surface area contributed by atoms with Gasteiger partial charge in [-0.05, 0) is 54.3 Å². The lowest BCUT2D eigenvalue weighted by Crippen LogP contribution is -2.16. The Bertz CT molecular complexity index is 1140. The highest BCUT2D eigenvalue weighted by Gasteiger charge is 2.17. The van der Waals surface area contributed by atoms with Gasteiger partial charge < -0.3 is 5.32 Å². The van der Waals surface area contributed by atoms with Crippen molar-refractivity contribution < 1.29 is 13.2 Å². The minimum atomic E-state index is -3.74. The molecule has 3 aromatic rings. The molecule has 0 atom stereocenters. The highest BCUT2D eigenvalue weighted by atomic mass is 35.5. The second-order valence-corrected chi connectivity index (χ2v) is 8.82. The van der Waals surface area contributed by atoms with Crippen LogP contribution in [0.15, 0.2) is 71.6 Å². The Morgan fingerprint density at radius 1 is 0.900 bits per heavy atom. The number of carbonyl (C=O) groups is 1. The summed E-state index contributed by atoms with van der Waals surface area (Å²) in [5, 5.41) is 3.13. The predicted octanol–water partition coefficient (Wildman–Crippen LogP) is 5.52. The fourth-order valence-electron chi connectivity index (χ4n) is 3.16. The SMILES string of the molecule is CCc1cccc(CC)c1NC(=O)c1ccc(NS(=O)(=O)c2ccccc2)cc1Cl. The number of hydrogen-bond donors (Lipinski definition) is 2. The molecule has 3 aromatic carbocycles. The van der Waals surface area contributed by atoms with E-state index in [1.54, 1.807) is 18.2 Å². The maximum absolute atomic E-state index is 12.9. The average molecular weight is 443 g/mol. The van der Waals surface area contributed by atoms with Crippen LogP contribution in [0.5, 0.6) is 0 Å². The van der Waals surface area contributed by atoms with Gasteiger partial charge in [-0.1, -0.05) is 61.8 Å². The van der Waals surface area contributed by atoms with E-state index in [0.717, 1.165) is 29.7 Å². The largest absolute Gasteiger partial charge is 0.321 e. The van der Waals surface area contributed by atoms with Gasteiger partial charge >= 0.3 is 0 Å². The van der Waals surface area contributed by atoms with E-state index >= 15 is 0 Å². The number of rotatable bonds is 7. The molecule has 3 rings (SSSR count). The molecule has 0 aliphatic carbocycles. The van der Waals surface area contributed by atoms with Crippen LogP contribution >= 0.6 is 11.6 Å². The third kappa shape index (κ3) is 4.83. The number of para-hydroxylation sites is 1. The van der Waals surface area contributed by atoms with E-state index < -0.39 is 10.0 Å². The van der Waals surface area contributed by atoms with E-state index in [4.69, 9.17) is 11.6 Å². The monoisotopic (exact) mass is 442 g/mol. The fourth-order valence-corrected chi connectivity index (χ4v) is 4.50. The molecule has 0 saturated carbocycles. The van der Waals surface area contributed by atoms with Gasteiger partial charge in [0, 0.05) is 5.69 Å². The zero-order chi connectivity index (χ0) is 21.7. The molecule has 5 nitrogen and oxygen atoms in total. The van der Waals surface area contributed by atoms with Gasteiger partial charge in [-0.25, -0.2) is 8.42 Å². The standard InChI is InChI=1S/C23H23ClN2O3S/c1-3-16-9-8-10-17(4-2)22(16)25-23(27)20-14-13-18(15-21(20)24)26-30(28,29)19-11-6-5-7-12-19/h5-15,26H,3-4H2,1-2H3,(H,25,27). The average Bonchev–Trinajstić information content (AvgIpc) is 2.74. The second-order valence-electron chi connectivity index (χ2n) is 6.73. The summed E-state index contributed by atoms with van der Waals surface area (Å²) >= 11 is 6.32. The molecular formula is C23H23ClN2O3S. The van der Waals surface area contributed by atoms with Gasteiger partial charge in [0.1, 0.15) is 0 Å². The first-order valence-corrected chi connectivity index (χ1v) is 11.5. The predicted molar refractivity (Wildman–Crippen MR) is 122 cm³/mol. The van der Waals surface area contributed by atoms with E-state index in [-0.39, 0.29) is 27.1 Å². The van der Waals surface area contributed by atoms with Gasteiger partial charge in [-0.2, -0.15) is 0 Å². The van der Waals surface area contributed by atoms with Crippen LogP contribution in [0.4, 0.5) is 11.4 Å². The highest BCUT2D eigenvalue weighted by Crippen LogP contribution is 2.27. The van der Waals surface area contributed by atoms with Crippen LogP contribution < -0.4 is 10.0 Å². The molecule has 0 radical (unpaired) electrons. The summed E-state index contributed by atoms with van der Waals surface area (Å²) in [7, 11) is -3.74.